The number of benzene rings is 1. The molecule has 0 spiro atoms. The van der Waals surface area contributed by atoms with Crippen LogP contribution in [-0.2, 0) is 0 Å². The lowest BCUT2D eigenvalue weighted by Gasteiger charge is -2.16. The van der Waals surface area contributed by atoms with Crippen molar-refractivity contribution in [1.82, 2.24) is 5.32 Å². The van der Waals surface area contributed by atoms with Crippen molar-refractivity contribution in [3.63, 3.8) is 0 Å². The molecule has 0 fully saturated rings. The Balaban J connectivity index is 2.81. The van der Waals surface area contributed by atoms with Crippen LogP contribution in [0, 0.1) is 5.82 Å². The molecule has 0 radical (unpaired) electrons. The number of nitrogens with two attached hydrogens (primary N) is 1. The SMILES string of the molecule is CCC(CC(N)=S)NC(=O)c1cccc(F)c1Br. The number of thiocarbonyl (C=S) groups is 1. The lowest BCUT2D eigenvalue weighted by atomic mass is 10.1. The van der Waals surface area contributed by atoms with E-state index >= 15 is 0 Å². The first kappa shape index (κ1) is 15.0. The summed E-state index contributed by atoms with van der Waals surface area (Å²) in [6, 6.07) is 4.19. The van der Waals surface area contributed by atoms with E-state index in [0.717, 1.165) is 0 Å². The molecule has 3 nitrogen and oxygen atoms in total. The van der Waals surface area contributed by atoms with Crippen molar-refractivity contribution in [3.05, 3.63) is 34.1 Å². The summed E-state index contributed by atoms with van der Waals surface area (Å²) in [6.07, 6.45) is 1.14. The van der Waals surface area contributed by atoms with Gasteiger partial charge in [-0.05, 0) is 34.5 Å². The van der Waals surface area contributed by atoms with Gasteiger partial charge in [-0.3, -0.25) is 4.79 Å². The molecule has 0 saturated carbocycles. The summed E-state index contributed by atoms with van der Waals surface area (Å²) < 4.78 is 13.5. The van der Waals surface area contributed by atoms with Crippen LogP contribution < -0.4 is 11.1 Å². The van der Waals surface area contributed by atoms with Crippen molar-refractivity contribution >= 4 is 39.0 Å². The molecule has 1 amide bonds. The second-order valence-electron chi connectivity index (χ2n) is 3.85. The summed E-state index contributed by atoms with van der Waals surface area (Å²) in [5, 5.41) is 2.78. The molecule has 0 aliphatic heterocycles. The average Bonchev–Trinajstić information content (AvgIpc) is 2.31. The van der Waals surface area contributed by atoms with Crippen LogP contribution in [0.5, 0.6) is 0 Å². The van der Waals surface area contributed by atoms with Crippen LogP contribution in [0.15, 0.2) is 22.7 Å². The minimum atomic E-state index is -0.468. The Morgan fingerprint density at radius 3 is 2.83 bits per heavy atom. The van der Waals surface area contributed by atoms with Crippen LogP contribution in [0.25, 0.3) is 0 Å². The Bertz CT molecular complexity index is 467. The minimum Gasteiger partial charge on any atom is -0.393 e. The van der Waals surface area contributed by atoms with Gasteiger partial charge in [0, 0.05) is 12.5 Å². The van der Waals surface area contributed by atoms with Crippen LogP contribution in [0.1, 0.15) is 30.1 Å². The van der Waals surface area contributed by atoms with E-state index in [4.69, 9.17) is 18.0 Å². The number of rotatable bonds is 5. The Hall–Kier alpha value is -1.01. The smallest absolute Gasteiger partial charge is 0.252 e. The molecule has 6 heteroatoms. The van der Waals surface area contributed by atoms with Gasteiger partial charge in [0.25, 0.3) is 5.91 Å². The number of carbonyl (C=O) groups excluding carboxylic acids is 1. The maximum absolute atomic E-state index is 13.3. The molecule has 1 atom stereocenters. The lowest BCUT2D eigenvalue weighted by molar-refractivity contribution is 0.0936. The zero-order chi connectivity index (χ0) is 13.7. The molecule has 0 aliphatic carbocycles. The van der Waals surface area contributed by atoms with Crippen molar-refractivity contribution in [1.29, 1.82) is 0 Å². The quantitative estimate of drug-likeness (QED) is 0.815. The highest BCUT2D eigenvalue weighted by atomic mass is 79.9. The van der Waals surface area contributed by atoms with Gasteiger partial charge in [-0.2, -0.15) is 0 Å². The Labute approximate surface area is 119 Å². The lowest BCUT2D eigenvalue weighted by Crippen LogP contribution is -2.37. The molecule has 18 heavy (non-hydrogen) atoms. The molecule has 0 saturated heterocycles. The number of halogens is 2. The molecule has 1 rings (SSSR count). The second kappa shape index (κ2) is 6.80. The van der Waals surface area contributed by atoms with Gasteiger partial charge in [-0.15, -0.1) is 0 Å². The van der Waals surface area contributed by atoms with E-state index in [0.29, 0.717) is 17.8 Å². The molecule has 3 N–H and O–H groups in total. The molecule has 1 aromatic carbocycles. The molecule has 1 unspecified atom stereocenters. The van der Waals surface area contributed by atoms with Crippen molar-refractivity contribution in [2.45, 2.75) is 25.8 Å². The molecule has 1 aromatic rings. The van der Waals surface area contributed by atoms with Gasteiger partial charge in [-0.1, -0.05) is 25.2 Å². The highest BCUT2D eigenvalue weighted by Gasteiger charge is 2.16. The van der Waals surface area contributed by atoms with Crippen LogP contribution in [-0.4, -0.2) is 16.9 Å². The maximum atomic E-state index is 13.3. The van der Waals surface area contributed by atoms with Gasteiger partial charge in [0.05, 0.1) is 15.0 Å². The fourth-order valence-electron chi connectivity index (χ4n) is 1.48. The summed E-state index contributed by atoms with van der Waals surface area (Å²) >= 11 is 7.87. The number of hydrogen-bond donors (Lipinski definition) is 2. The average molecular weight is 333 g/mol. The first-order chi connectivity index (χ1) is 8.45. The predicted octanol–water partition coefficient (Wildman–Crippen LogP) is 2.77. The van der Waals surface area contributed by atoms with Crippen molar-refractivity contribution in [2.75, 3.05) is 0 Å². The zero-order valence-corrected chi connectivity index (χ0v) is 12.3. The van der Waals surface area contributed by atoms with E-state index in [-0.39, 0.29) is 22.0 Å². The zero-order valence-electron chi connectivity index (χ0n) is 9.87. The Morgan fingerprint density at radius 1 is 1.61 bits per heavy atom. The fourth-order valence-corrected chi connectivity index (χ4v) is 2.13. The maximum Gasteiger partial charge on any atom is 0.252 e. The highest BCUT2D eigenvalue weighted by molar-refractivity contribution is 9.10. The number of hydrogen-bond acceptors (Lipinski definition) is 2. The molecular formula is C12H14BrFN2OS. The van der Waals surface area contributed by atoms with Gasteiger partial charge in [0.2, 0.25) is 0 Å². The van der Waals surface area contributed by atoms with E-state index in [1.165, 1.54) is 12.1 Å². The number of nitrogens with one attached hydrogen (secondary N) is 1. The van der Waals surface area contributed by atoms with E-state index < -0.39 is 5.82 Å². The molecule has 0 bridgehead atoms. The highest BCUT2D eigenvalue weighted by Crippen LogP contribution is 2.20. The van der Waals surface area contributed by atoms with E-state index in [1.807, 2.05) is 6.92 Å². The Morgan fingerprint density at radius 2 is 2.28 bits per heavy atom. The van der Waals surface area contributed by atoms with Crippen molar-refractivity contribution in [2.24, 2.45) is 5.73 Å². The van der Waals surface area contributed by atoms with Crippen LogP contribution in [0.3, 0.4) is 0 Å². The third-order valence-electron chi connectivity index (χ3n) is 2.47. The largest absolute Gasteiger partial charge is 0.393 e. The van der Waals surface area contributed by atoms with Gasteiger partial charge < -0.3 is 11.1 Å². The van der Waals surface area contributed by atoms with E-state index in [9.17, 15) is 9.18 Å². The standard InChI is InChI=1S/C12H14BrFN2OS/c1-2-7(6-10(15)18)16-12(17)8-4-3-5-9(14)11(8)13/h3-5,7H,2,6H2,1H3,(H2,15,18)(H,16,17). The van der Waals surface area contributed by atoms with Gasteiger partial charge in [0.15, 0.2) is 0 Å². The van der Waals surface area contributed by atoms with Gasteiger partial charge in [0.1, 0.15) is 5.82 Å². The van der Waals surface area contributed by atoms with Crippen LogP contribution in [0.4, 0.5) is 4.39 Å². The monoisotopic (exact) mass is 332 g/mol. The summed E-state index contributed by atoms with van der Waals surface area (Å²) in [4.78, 5) is 12.3. The first-order valence-corrected chi connectivity index (χ1v) is 6.69. The summed E-state index contributed by atoms with van der Waals surface area (Å²) in [7, 11) is 0. The summed E-state index contributed by atoms with van der Waals surface area (Å²) in [6.45, 7) is 1.92. The summed E-state index contributed by atoms with van der Waals surface area (Å²) in [5.74, 6) is -0.811. The summed E-state index contributed by atoms with van der Waals surface area (Å²) in [5.41, 5.74) is 5.71. The second-order valence-corrected chi connectivity index (χ2v) is 5.17. The van der Waals surface area contributed by atoms with Crippen molar-refractivity contribution < 1.29 is 9.18 Å². The molecule has 0 heterocycles. The molecule has 0 aromatic heterocycles. The number of amides is 1. The third-order valence-corrected chi connectivity index (χ3v) is 3.44. The van der Waals surface area contributed by atoms with Gasteiger partial charge in [-0.25, -0.2) is 4.39 Å². The fraction of sp³-hybridized carbons (Fsp3) is 0.333. The first-order valence-electron chi connectivity index (χ1n) is 5.48. The number of carbonyl (C=O) groups is 1. The van der Waals surface area contributed by atoms with Crippen LogP contribution in [0.2, 0.25) is 0 Å². The topological polar surface area (TPSA) is 55.1 Å². The van der Waals surface area contributed by atoms with E-state index in [2.05, 4.69) is 21.2 Å². The van der Waals surface area contributed by atoms with Crippen LogP contribution >= 0.6 is 28.1 Å². The van der Waals surface area contributed by atoms with Gasteiger partial charge >= 0.3 is 0 Å². The minimum absolute atomic E-state index is 0.134. The Kier molecular flexibility index (Phi) is 5.68. The normalized spacial score (nSPS) is 11.9. The predicted molar refractivity (Wildman–Crippen MR) is 77.0 cm³/mol. The third kappa shape index (κ3) is 4.03. The molecule has 98 valence electrons. The van der Waals surface area contributed by atoms with Crippen molar-refractivity contribution in [3.8, 4) is 0 Å². The molecule has 0 aliphatic rings. The van der Waals surface area contributed by atoms with E-state index in [1.54, 1.807) is 6.07 Å². The molecular weight excluding hydrogens is 319 g/mol.